The van der Waals surface area contributed by atoms with Crippen molar-refractivity contribution in [3.05, 3.63) is 46.3 Å². The van der Waals surface area contributed by atoms with E-state index in [1.54, 1.807) is 17.8 Å². The SMILES string of the molecule is CN(Cc1cn(C)c(=O)cn1)C1CN(c2ccc(C(C)(C)C)nn2)C1. The van der Waals surface area contributed by atoms with Gasteiger partial charge in [0, 0.05) is 44.3 Å². The Morgan fingerprint density at radius 2 is 1.96 bits per heavy atom. The molecule has 2 aromatic heterocycles. The second kappa shape index (κ2) is 6.55. The lowest BCUT2D eigenvalue weighted by Gasteiger charge is -2.44. The van der Waals surface area contributed by atoms with Crippen LogP contribution in [-0.2, 0) is 19.0 Å². The van der Waals surface area contributed by atoms with Gasteiger partial charge in [0.05, 0.1) is 17.6 Å². The van der Waals surface area contributed by atoms with E-state index in [0.29, 0.717) is 6.04 Å². The Balaban J connectivity index is 1.56. The number of aromatic nitrogens is 4. The predicted molar refractivity (Wildman–Crippen MR) is 97.7 cm³/mol. The summed E-state index contributed by atoms with van der Waals surface area (Å²) < 4.78 is 1.57. The summed E-state index contributed by atoms with van der Waals surface area (Å²) >= 11 is 0. The zero-order chi connectivity index (χ0) is 18.2. The standard InChI is InChI=1S/C18H26N6O/c1-18(2,3)15-6-7-16(21-20-15)24-11-14(12-24)22(4)9-13-10-23(5)17(25)8-19-13/h6-8,10,14H,9,11-12H2,1-5H3. The Labute approximate surface area is 148 Å². The van der Waals surface area contributed by atoms with Crippen LogP contribution in [0.25, 0.3) is 0 Å². The third kappa shape index (κ3) is 3.87. The molecule has 1 fully saturated rings. The van der Waals surface area contributed by atoms with E-state index in [9.17, 15) is 4.79 Å². The maximum absolute atomic E-state index is 11.4. The lowest BCUT2D eigenvalue weighted by Crippen LogP contribution is -2.58. The fraction of sp³-hybridized carbons (Fsp3) is 0.556. The van der Waals surface area contributed by atoms with Gasteiger partial charge in [0.1, 0.15) is 0 Å². The topological polar surface area (TPSA) is 67.2 Å². The fourth-order valence-corrected chi connectivity index (χ4v) is 2.83. The lowest BCUT2D eigenvalue weighted by atomic mass is 9.92. The van der Waals surface area contributed by atoms with E-state index in [4.69, 9.17) is 0 Å². The van der Waals surface area contributed by atoms with E-state index >= 15 is 0 Å². The molecule has 2 aromatic rings. The highest BCUT2D eigenvalue weighted by Gasteiger charge is 2.31. The second-order valence-electron chi connectivity index (χ2n) is 7.83. The van der Waals surface area contributed by atoms with Crippen molar-refractivity contribution in [1.82, 2.24) is 24.6 Å². The number of likely N-dealkylation sites (N-methyl/N-ethyl adjacent to an activating group) is 1. The van der Waals surface area contributed by atoms with Crippen LogP contribution in [0.2, 0.25) is 0 Å². The number of rotatable bonds is 4. The van der Waals surface area contributed by atoms with Crippen LogP contribution in [0.5, 0.6) is 0 Å². The minimum Gasteiger partial charge on any atom is -0.352 e. The van der Waals surface area contributed by atoms with E-state index in [2.05, 4.69) is 64.9 Å². The van der Waals surface area contributed by atoms with Crippen LogP contribution in [-0.4, -0.2) is 50.8 Å². The lowest BCUT2D eigenvalue weighted by molar-refractivity contribution is 0.194. The first-order chi connectivity index (χ1) is 11.7. The number of nitrogens with zero attached hydrogens (tertiary/aromatic N) is 6. The zero-order valence-electron chi connectivity index (χ0n) is 15.6. The summed E-state index contributed by atoms with van der Waals surface area (Å²) in [5, 5.41) is 8.73. The first-order valence-electron chi connectivity index (χ1n) is 8.55. The molecule has 0 amide bonds. The first kappa shape index (κ1) is 17.5. The van der Waals surface area contributed by atoms with Gasteiger partial charge in [-0.05, 0) is 19.2 Å². The molecule has 0 radical (unpaired) electrons. The van der Waals surface area contributed by atoms with Gasteiger partial charge in [0.25, 0.3) is 5.56 Å². The molecule has 0 N–H and O–H groups in total. The van der Waals surface area contributed by atoms with Crippen molar-refractivity contribution in [2.45, 2.75) is 38.8 Å². The smallest absolute Gasteiger partial charge is 0.268 e. The Hall–Kier alpha value is -2.28. The molecule has 0 spiro atoms. The highest BCUT2D eigenvalue weighted by Crippen LogP contribution is 2.24. The molecule has 0 aromatic carbocycles. The highest BCUT2D eigenvalue weighted by atomic mass is 16.1. The van der Waals surface area contributed by atoms with Crippen molar-refractivity contribution in [2.75, 3.05) is 25.0 Å². The van der Waals surface area contributed by atoms with Gasteiger partial charge in [-0.3, -0.25) is 14.7 Å². The number of anilines is 1. The summed E-state index contributed by atoms with van der Waals surface area (Å²) in [6.45, 7) is 8.98. The predicted octanol–water partition coefficient (Wildman–Crippen LogP) is 1.19. The average Bonchev–Trinajstić information content (AvgIpc) is 2.49. The van der Waals surface area contributed by atoms with Gasteiger partial charge >= 0.3 is 0 Å². The molecule has 0 aliphatic carbocycles. The van der Waals surface area contributed by atoms with Crippen LogP contribution in [0.1, 0.15) is 32.2 Å². The maximum atomic E-state index is 11.4. The molecule has 3 rings (SSSR count). The first-order valence-corrected chi connectivity index (χ1v) is 8.55. The van der Waals surface area contributed by atoms with Gasteiger partial charge in [0.15, 0.2) is 5.82 Å². The number of hydrogen-bond acceptors (Lipinski definition) is 6. The molecule has 3 heterocycles. The minimum atomic E-state index is -0.0847. The summed E-state index contributed by atoms with van der Waals surface area (Å²) in [6, 6.07) is 4.56. The van der Waals surface area contributed by atoms with Crippen LogP contribution >= 0.6 is 0 Å². The summed E-state index contributed by atoms with van der Waals surface area (Å²) in [7, 11) is 3.84. The van der Waals surface area contributed by atoms with Crippen LogP contribution in [0.4, 0.5) is 5.82 Å². The van der Waals surface area contributed by atoms with Crippen molar-refractivity contribution < 1.29 is 0 Å². The van der Waals surface area contributed by atoms with Crippen molar-refractivity contribution >= 4 is 5.82 Å². The molecule has 134 valence electrons. The number of hydrogen-bond donors (Lipinski definition) is 0. The molecule has 1 saturated heterocycles. The number of aryl methyl sites for hydroxylation is 1. The Morgan fingerprint density at radius 3 is 2.52 bits per heavy atom. The van der Waals surface area contributed by atoms with E-state index in [1.165, 1.54) is 6.20 Å². The van der Waals surface area contributed by atoms with Gasteiger partial charge in [-0.2, -0.15) is 5.10 Å². The molecule has 25 heavy (non-hydrogen) atoms. The van der Waals surface area contributed by atoms with Crippen molar-refractivity contribution in [2.24, 2.45) is 7.05 Å². The second-order valence-corrected chi connectivity index (χ2v) is 7.83. The van der Waals surface area contributed by atoms with Crippen LogP contribution < -0.4 is 10.5 Å². The van der Waals surface area contributed by atoms with Gasteiger partial charge in [0.2, 0.25) is 0 Å². The third-order valence-electron chi connectivity index (χ3n) is 4.67. The average molecular weight is 342 g/mol. The molecule has 7 heteroatoms. The largest absolute Gasteiger partial charge is 0.352 e. The summed E-state index contributed by atoms with van der Waals surface area (Å²) in [6.07, 6.45) is 3.18. The van der Waals surface area contributed by atoms with Crippen molar-refractivity contribution in [1.29, 1.82) is 0 Å². The Morgan fingerprint density at radius 1 is 1.24 bits per heavy atom. The van der Waals surface area contributed by atoms with Crippen LogP contribution in [0.15, 0.2) is 29.3 Å². The summed E-state index contributed by atoms with van der Waals surface area (Å²) in [5.41, 5.74) is 1.84. The quantitative estimate of drug-likeness (QED) is 0.831. The molecule has 1 aliphatic heterocycles. The van der Waals surface area contributed by atoms with Crippen LogP contribution in [0, 0.1) is 0 Å². The van der Waals surface area contributed by atoms with Gasteiger partial charge in [-0.15, -0.1) is 5.10 Å². The van der Waals surface area contributed by atoms with E-state index < -0.39 is 0 Å². The fourth-order valence-electron chi connectivity index (χ4n) is 2.83. The molecule has 0 unspecified atom stereocenters. The van der Waals surface area contributed by atoms with Gasteiger partial charge in [-0.1, -0.05) is 20.8 Å². The van der Waals surface area contributed by atoms with E-state index in [0.717, 1.165) is 36.8 Å². The molecule has 7 nitrogen and oxygen atoms in total. The van der Waals surface area contributed by atoms with Crippen molar-refractivity contribution in [3.8, 4) is 0 Å². The molecular weight excluding hydrogens is 316 g/mol. The molecule has 1 aliphatic rings. The van der Waals surface area contributed by atoms with Gasteiger partial charge < -0.3 is 9.47 Å². The third-order valence-corrected chi connectivity index (χ3v) is 4.67. The van der Waals surface area contributed by atoms with Gasteiger partial charge in [-0.25, -0.2) is 0 Å². The van der Waals surface area contributed by atoms with Crippen molar-refractivity contribution in [3.63, 3.8) is 0 Å². The summed E-state index contributed by atoms with van der Waals surface area (Å²) in [4.78, 5) is 20.1. The summed E-state index contributed by atoms with van der Waals surface area (Å²) in [5.74, 6) is 0.929. The Bertz CT molecular complexity index is 786. The van der Waals surface area contributed by atoms with E-state index in [-0.39, 0.29) is 11.0 Å². The molecular formula is C18H26N6O. The monoisotopic (exact) mass is 342 g/mol. The highest BCUT2D eigenvalue weighted by molar-refractivity contribution is 5.42. The molecule has 0 bridgehead atoms. The van der Waals surface area contributed by atoms with Crippen LogP contribution in [0.3, 0.4) is 0 Å². The maximum Gasteiger partial charge on any atom is 0.268 e. The normalized spacial score (nSPS) is 15.5. The Kier molecular flexibility index (Phi) is 4.60. The minimum absolute atomic E-state index is 0.0199. The molecule has 0 atom stereocenters. The van der Waals surface area contributed by atoms with E-state index in [1.807, 2.05) is 0 Å². The zero-order valence-corrected chi connectivity index (χ0v) is 15.6. The molecule has 0 saturated carbocycles.